The van der Waals surface area contributed by atoms with Crippen LogP contribution in [0.15, 0.2) is 65.6 Å². The van der Waals surface area contributed by atoms with Crippen LogP contribution >= 0.6 is 11.6 Å². The molecule has 234 valence electrons. The van der Waals surface area contributed by atoms with Gasteiger partial charge in [-0.15, -0.1) is 0 Å². The summed E-state index contributed by atoms with van der Waals surface area (Å²) in [5, 5.41) is 5.01. The Bertz CT molecular complexity index is 1900. The summed E-state index contributed by atoms with van der Waals surface area (Å²) >= 11 is 6.68. The molecule has 0 aliphatic rings. The molecule has 5 aromatic rings. The Morgan fingerprint density at radius 1 is 1.00 bits per heavy atom. The van der Waals surface area contributed by atoms with Gasteiger partial charge in [0.2, 0.25) is 5.88 Å². The zero-order valence-electron chi connectivity index (χ0n) is 24.7. The molecule has 14 heteroatoms. The summed E-state index contributed by atoms with van der Waals surface area (Å²) in [6.07, 6.45) is -4.79. The number of alkyl halides is 3. The van der Waals surface area contributed by atoms with Crippen molar-refractivity contribution in [1.82, 2.24) is 24.7 Å². The highest BCUT2D eigenvalue weighted by Crippen LogP contribution is 2.40. The van der Waals surface area contributed by atoms with Gasteiger partial charge in [-0.2, -0.15) is 26.7 Å². The fourth-order valence-electron chi connectivity index (χ4n) is 4.32. The van der Waals surface area contributed by atoms with E-state index < -0.39 is 21.9 Å². The van der Waals surface area contributed by atoms with Gasteiger partial charge in [0.1, 0.15) is 11.2 Å². The van der Waals surface area contributed by atoms with Crippen molar-refractivity contribution in [3.8, 4) is 28.7 Å². The number of hydrogen-bond donors (Lipinski definition) is 2. The van der Waals surface area contributed by atoms with Crippen LogP contribution in [0.3, 0.4) is 0 Å². The lowest BCUT2D eigenvalue weighted by molar-refractivity contribution is -0.137. The molecule has 44 heavy (non-hydrogen) atoms. The molecule has 3 heterocycles. The molecule has 0 bridgehead atoms. The Hall–Kier alpha value is -3.94. The number of nitrogens with one attached hydrogen (secondary N) is 1. The Balaban J connectivity index is 0.000000375. The van der Waals surface area contributed by atoms with E-state index in [-0.39, 0.29) is 33.6 Å². The van der Waals surface area contributed by atoms with Gasteiger partial charge in [0.15, 0.2) is 5.82 Å². The number of halogens is 4. The third-order valence-electron chi connectivity index (χ3n) is 6.26. The van der Waals surface area contributed by atoms with Crippen molar-refractivity contribution in [2.75, 3.05) is 0 Å². The zero-order valence-corrected chi connectivity index (χ0v) is 26.3. The number of ether oxygens (including phenoxy) is 1. The third kappa shape index (κ3) is 7.22. The van der Waals surface area contributed by atoms with E-state index in [0.29, 0.717) is 33.3 Å². The molecule has 2 N–H and O–H groups in total. The van der Waals surface area contributed by atoms with Crippen LogP contribution in [-0.2, 0) is 28.8 Å². The van der Waals surface area contributed by atoms with Crippen LogP contribution in [0.5, 0.6) is 5.88 Å². The number of nitrogens with zero attached hydrogens (tertiary/aromatic N) is 4. The number of rotatable bonds is 5. The van der Waals surface area contributed by atoms with Crippen LogP contribution in [0, 0.1) is 0 Å². The van der Waals surface area contributed by atoms with Gasteiger partial charge in [-0.05, 0) is 38.1 Å². The van der Waals surface area contributed by atoms with Crippen LogP contribution < -0.4 is 4.74 Å². The number of hydrogen-bond acceptors (Lipinski definition) is 6. The molecule has 0 saturated heterocycles. The number of imidazole rings is 1. The summed E-state index contributed by atoms with van der Waals surface area (Å²) < 4.78 is 77.7. The quantitative estimate of drug-likeness (QED) is 0.187. The molecule has 0 unspecified atom stereocenters. The predicted molar refractivity (Wildman–Crippen MR) is 162 cm³/mol. The normalized spacial score (nSPS) is 12.4. The second-order valence-corrected chi connectivity index (χ2v) is 13.0. The second kappa shape index (κ2) is 12.2. The summed E-state index contributed by atoms with van der Waals surface area (Å²) in [4.78, 5) is 12.2. The molecule has 0 atom stereocenters. The fourth-order valence-corrected chi connectivity index (χ4v) is 5.35. The van der Waals surface area contributed by atoms with Crippen LogP contribution in [0.1, 0.15) is 45.9 Å². The second-order valence-electron chi connectivity index (χ2n) is 11.2. The monoisotopic (exact) mass is 649 g/mol. The van der Waals surface area contributed by atoms with Crippen molar-refractivity contribution in [2.24, 2.45) is 7.05 Å². The van der Waals surface area contributed by atoms with Crippen LogP contribution in [-0.4, -0.2) is 43.8 Å². The van der Waals surface area contributed by atoms with E-state index in [2.05, 4.69) is 20.1 Å². The summed E-state index contributed by atoms with van der Waals surface area (Å²) in [6, 6.07) is 14.2. The number of fused-ring (bicyclic) bond motifs is 1. The number of benzene rings is 2. The maximum absolute atomic E-state index is 13.7. The average molecular weight is 650 g/mol. The van der Waals surface area contributed by atoms with Crippen molar-refractivity contribution in [3.63, 3.8) is 0 Å². The predicted octanol–water partition coefficient (Wildman–Crippen LogP) is 7.72. The molecule has 3 aromatic heterocycles. The fraction of sp³-hybridized carbons (Fsp3) is 0.300. The lowest BCUT2D eigenvalue weighted by Gasteiger charge is -2.15. The standard InChI is InChI=1S/C24H25ClF3N5O.C6H6O3S/c1-12(2)34-22-18-16(11-15(30-22)13-9-7-8-10-14(13)24(26,27)28)29-21(31-18)19-17(25)20(23(3,4)5)32-33(19)6;7-10(8,9)6-4-2-1-3-5-6/h7-12H,1-6H3,(H,29,31);1-5H,(H,7,8,9). The van der Waals surface area contributed by atoms with E-state index in [4.69, 9.17) is 20.9 Å². The molecule has 0 amide bonds. The van der Waals surface area contributed by atoms with Crippen LogP contribution in [0.25, 0.3) is 33.8 Å². The lowest BCUT2D eigenvalue weighted by Crippen LogP contribution is -2.12. The zero-order chi connectivity index (χ0) is 32.6. The summed E-state index contributed by atoms with van der Waals surface area (Å²) in [5.74, 6) is 0.578. The minimum atomic E-state index is -4.53. The smallest absolute Gasteiger partial charge is 0.417 e. The minimum absolute atomic E-state index is 0.0522. The first-order valence-corrected chi connectivity index (χ1v) is 15.2. The molecule has 5 rings (SSSR count). The average Bonchev–Trinajstić information content (AvgIpc) is 3.48. The summed E-state index contributed by atoms with van der Waals surface area (Å²) in [7, 11) is -2.24. The van der Waals surface area contributed by atoms with Gasteiger partial charge < -0.3 is 9.72 Å². The van der Waals surface area contributed by atoms with E-state index in [1.807, 2.05) is 34.6 Å². The van der Waals surface area contributed by atoms with E-state index >= 15 is 0 Å². The van der Waals surface area contributed by atoms with E-state index in [1.165, 1.54) is 30.3 Å². The first-order valence-electron chi connectivity index (χ1n) is 13.4. The highest BCUT2D eigenvalue weighted by atomic mass is 35.5. The Morgan fingerprint density at radius 3 is 2.14 bits per heavy atom. The van der Waals surface area contributed by atoms with Crippen molar-refractivity contribution in [2.45, 2.75) is 57.2 Å². The van der Waals surface area contributed by atoms with Crippen LogP contribution in [0.2, 0.25) is 5.02 Å². The molecule has 0 aliphatic heterocycles. The van der Waals surface area contributed by atoms with Gasteiger partial charge in [0, 0.05) is 18.0 Å². The molecule has 0 spiro atoms. The van der Waals surface area contributed by atoms with Crippen molar-refractivity contribution in [1.29, 1.82) is 0 Å². The van der Waals surface area contributed by atoms with Gasteiger partial charge in [0.25, 0.3) is 10.1 Å². The first kappa shape index (κ1) is 33.0. The molecular weight excluding hydrogens is 619 g/mol. The maximum Gasteiger partial charge on any atom is 0.417 e. The SMILES string of the molecule is CC(C)Oc1nc(-c2ccccc2C(F)(F)F)cc2nc(-c3c(Cl)c(C(C)(C)C)nn3C)[nH]c12.O=S(=O)(O)c1ccccc1. The first-order chi connectivity index (χ1) is 20.4. The van der Waals surface area contributed by atoms with Gasteiger partial charge in [-0.3, -0.25) is 9.23 Å². The molecule has 9 nitrogen and oxygen atoms in total. The van der Waals surface area contributed by atoms with Crippen molar-refractivity contribution >= 4 is 32.8 Å². The third-order valence-corrected chi connectivity index (χ3v) is 7.49. The topological polar surface area (TPSA) is 123 Å². The summed E-state index contributed by atoms with van der Waals surface area (Å²) in [6.45, 7) is 9.65. The number of aryl methyl sites for hydroxylation is 1. The number of H-pyrrole nitrogens is 1. The molecule has 2 aromatic carbocycles. The Morgan fingerprint density at radius 2 is 1.61 bits per heavy atom. The lowest BCUT2D eigenvalue weighted by atomic mass is 9.92. The number of pyridine rings is 1. The maximum atomic E-state index is 13.7. The van der Waals surface area contributed by atoms with Gasteiger partial charge in [-0.1, -0.05) is 68.8 Å². The van der Waals surface area contributed by atoms with Crippen molar-refractivity contribution in [3.05, 3.63) is 76.9 Å². The molecular formula is C30H31ClF3N5O4S. The van der Waals surface area contributed by atoms with E-state index in [1.54, 1.807) is 36.0 Å². The number of aromatic nitrogens is 5. The summed E-state index contributed by atoms with van der Waals surface area (Å²) in [5.41, 5.74) is 1.14. The minimum Gasteiger partial charge on any atom is -0.473 e. The molecule has 0 saturated carbocycles. The van der Waals surface area contributed by atoms with Gasteiger partial charge in [0.05, 0.1) is 38.5 Å². The number of aromatic amines is 1. The van der Waals surface area contributed by atoms with Gasteiger partial charge in [-0.25, -0.2) is 9.97 Å². The van der Waals surface area contributed by atoms with Crippen LogP contribution in [0.4, 0.5) is 13.2 Å². The molecule has 0 radical (unpaired) electrons. The van der Waals surface area contributed by atoms with E-state index in [9.17, 15) is 21.6 Å². The van der Waals surface area contributed by atoms with Crippen molar-refractivity contribution < 1.29 is 30.9 Å². The highest BCUT2D eigenvalue weighted by Gasteiger charge is 2.34. The highest BCUT2D eigenvalue weighted by molar-refractivity contribution is 7.85. The van der Waals surface area contributed by atoms with Gasteiger partial charge >= 0.3 is 6.18 Å². The largest absolute Gasteiger partial charge is 0.473 e. The molecule has 0 aliphatic carbocycles. The Labute approximate surface area is 257 Å². The molecule has 0 fully saturated rings. The van der Waals surface area contributed by atoms with E-state index in [0.717, 1.165) is 6.07 Å². The Kier molecular flexibility index (Phi) is 9.15.